The summed E-state index contributed by atoms with van der Waals surface area (Å²) in [5, 5.41) is 2.74. The minimum absolute atomic E-state index is 0.0260. The lowest BCUT2D eigenvalue weighted by atomic mass is 10.1. The van der Waals surface area contributed by atoms with Gasteiger partial charge in [0, 0.05) is 32.7 Å². The van der Waals surface area contributed by atoms with Crippen molar-refractivity contribution in [2.75, 3.05) is 20.3 Å². The molecule has 2 aromatic carbocycles. The summed E-state index contributed by atoms with van der Waals surface area (Å²) in [6, 6.07) is 11.5. The summed E-state index contributed by atoms with van der Waals surface area (Å²) in [5.41, 5.74) is 1.51. The molecule has 0 aromatic heterocycles. The SMILES string of the molecule is COCCNC(=O)[C@H](C)N(Cc1ccc(F)cc1)C(=O)CCc1ccc(S(=O)(=O)NC2CC2)cc1. The fourth-order valence-electron chi connectivity index (χ4n) is 3.51. The lowest BCUT2D eigenvalue weighted by Gasteiger charge is -2.29. The van der Waals surface area contributed by atoms with E-state index < -0.39 is 16.1 Å². The maximum atomic E-state index is 13.3. The Balaban J connectivity index is 1.65. The van der Waals surface area contributed by atoms with Crippen LogP contribution in [0.5, 0.6) is 0 Å². The molecule has 0 aliphatic heterocycles. The minimum atomic E-state index is -3.53. The van der Waals surface area contributed by atoms with E-state index in [1.165, 1.54) is 36.3 Å². The molecule has 0 bridgehead atoms. The van der Waals surface area contributed by atoms with E-state index in [-0.39, 0.29) is 41.5 Å². The molecular formula is C25H32FN3O5S. The number of amides is 2. The van der Waals surface area contributed by atoms with Crippen LogP contribution in [0.4, 0.5) is 4.39 Å². The average Bonchev–Trinajstić information content (AvgIpc) is 3.65. The summed E-state index contributed by atoms with van der Waals surface area (Å²) in [7, 11) is -2.00. The number of nitrogens with one attached hydrogen (secondary N) is 2. The molecule has 3 rings (SSSR count). The number of aryl methyl sites for hydroxylation is 1. The second-order valence-corrected chi connectivity index (χ2v) is 10.4. The van der Waals surface area contributed by atoms with Crippen molar-refractivity contribution in [3.05, 3.63) is 65.5 Å². The highest BCUT2D eigenvalue weighted by Crippen LogP contribution is 2.22. The van der Waals surface area contributed by atoms with Crippen molar-refractivity contribution in [1.29, 1.82) is 0 Å². The van der Waals surface area contributed by atoms with Crippen LogP contribution in [-0.2, 0) is 37.3 Å². The second kappa shape index (κ2) is 12.2. The summed E-state index contributed by atoms with van der Waals surface area (Å²) < 4.78 is 45.6. The summed E-state index contributed by atoms with van der Waals surface area (Å²) >= 11 is 0. The van der Waals surface area contributed by atoms with Crippen molar-refractivity contribution in [3.8, 4) is 0 Å². The highest BCUT2D eigenvalue weighted by atomic mass is 32.2. The molecule has 0 unspecified atom stereocenters. The first-order valence-electron chi connectivity index (χ1n) is 11.6. The Morgan fingerprint density at radius 2 is 1.71 bits per heavy atom. The summed E-state index contributed by atoms with van der Waals surface area (Å²) in [6.07, 6.45) is 2.23. The average molecular weight is 506 g/mol. The Morgan fingerprint density at radius 3 is 2.31 bits per heavy atom. The molecule has 1 aliphatic rings. The van der Waals surface area contributed by atoms with Crippen LogP contribution >= 0.6 is 0 Å². The quantitative estimate of drug-likeness (QED) is 0.407. The molecule has 2 N–H and O–H groups in total. The normalized spacial score (nSPS) is 14.4. The van der Waals surface area contributed by atoms with E-state index in [4.69, 9.17) is 4.74 Å². The molecular weight excluding hydrogens is 473 g/mol. The largest absolute Gasteiger partial charge is 0.383 e. The van der Waals surface area contributed by atoms with Gasteiger partial charge < -0.3 is 15.0 Å². The van der Waals surface area contributed by atoms with Gasteiger partial charge in [-0.05, 0) is 61.6 Å². The first-order valence-corrected chi connectivity index (χ1v) is 13.1. The highest BCUT2D eigenvalue weighted by Gasteiger charge is 2.28. The lowest BCUT2D eigenvalue weighted by molar-refractivity contribution is -0.140. The van der Waals surface area contributed by atoms with Gasteiger partial charge in [-0.1, -0.05) is 24.3 Å². The molecule has 35 heavy (non-hydrogen) atoms. The molecule has 190 valence electrons. The van der Waals surface area contributed by atoms with E-state index in [9.17, 15) is 22.4 Å². The van der Waals surface area contributed by atoms with E-state index in [2.05, 4.69) is 10.0 Å². The van der Waals surface area contributed by atoms with Gasteiger partial charge in [0.1, 0.15) is 11.9 Å². The fourth-order valence-corrected chi connectivity index (χ4v) is 4.82. The van der Waals surface area contributed by atoms with Crippen LogP contribution < -0.4 is 10.0 Å². The van der Waals surface area contributed by atoms with Crippen molar-refractivity contribution < 1.29 is 27.1 Å². The van der Waals surface area contributed by atoms with E-state index >= 15 is 0 Å². The van der Waals surface area contributed by atoms with E-state index in [0.717, 1.165) is 18.4 Å². The van der Waals surface area contributed by atoms with Gasteiger partial charge >= 0.3 is 0 Å². The van der Waals surface area contributed by atoms with Gasteiger partial charge in [-0.15, -0.1) is 0 Å². The van der Waals surface area contributed by atoms with Crippen LogP contribution in [0.2, 0.25) is 0 Å². The van der Waals surface area contributed by atoms with Gasteiger partial charge in [0.05, 0.1) is 11.5 Å². The molecule has 2 amide bonds. The predicted octanol–water partition coefficient (Wildman–Crippen LogP) is 2.38. The van der Waals surface area contributed by atoms with Crippen molar-refractivity contribution in [2.24, 2.45) is 0 Å². The van der Waals surface area contributed by atoms with Crippen LogP contribution in [0.1, 0.15) is 37.3 Å². The number of methoxy groups -OCH3 is 1. The maximum Gasteiger partial charge on any atom is 0.242 e. The molecule has 1 aliphatic carbocycles. The van der Waals surface area contributed by atoms with Crippen LogP contribution in [0.25, 0.3) is 0 Å². The third-order valence-corrected chi connectivity index (χ3v) is 7.34. The van der Waals surface area contributed by atoms with Crippen LogP contribution in [0.3, 0.4) is 0 Å². The van der Waals surface area contributed by atoms with Gasteiger partial charge in [-0.25, -0.2) is 17.5 Å². The van der Waals surface area contributed by atoms with Gasteiger partial charge in [-0.3, -0.25) is 9.59 Å². The Bertz CT molecular complexity index is 1100. The smallest absolute Gasteiger partial charge is 0.242 e. The van der Waals surface area contributed by atoms with Crippen molar-refractivity contribution >= 4 is 21.8 Å². The van der Waals surface area contributed by atoms with Gasteiger partial charge in [-0.2, -0.15) is 0 Å². The summed E-state index contributed by atoms with van der Waals surface area (Å²) in [6.45, 7) is 2.48. The van der Waals surface area contributed by atoms with Gasteiger partial charge in [0.2, 0.25) is 21.8 Å². The standard InChI is InChI=1S/C25H32FN3O5S/c1-18(25(31)27-15-16-34-2)29(17-20-3-8-21(26)9-4-20)24(30)14-7-19-5-12-23(13-6-19)35(32,33)28-22-10-11-22/h3-6,8-9,12-13,18,22,28H,7,10-11,14-17H2,1-2H3,(H,27,31)/t18-/m0/s1. The van der Waals surface area contributed by atoms with Gasteiger partial charge in [0.25, 0.3) is 0 Å². The van der Waals surface area contributed by atoms with E-state index in [1.807, 2.05) is 0 Å². The number of sulfonamides is 1. The third kappa shape index (κ3) is 8.12. The first kappa shape index (κ1) is 26.8. The number of carbonyl (C=O) groups excluding carboxylic acids is 2. The molecule has 2 aromatic rings. The minimum Gasteiger partial charge on any atom is -0.383 e. The zero-order valence-corrected chi connectivity index (χ0v) is 20.8. The number of ether oxygens (including phenoxy) is 1. The van der Waals surface area contributed by atoms with Crippen LogP contribution in [0, 0.1) is 5.82 Å². The van der Waals surface area contributed by atoms with Crippen molar-refractivity contribution in [1.82, 2.24) is 14.9 Å². The molecule has 1 atom stereocenters. The number of hydrogen-bond donors (Lipinski definition) is 2. The molecule has 0 spiro atoms. The Morgan fingerprint density at radius 1 is 1.09 bits per heavy atom. The number of nitrogens with zero attached hydrogens (tertiary/aromatic N) is 1. The maximum absolute atomic E-state index is 13.3. The first-order chi connectivity index (χ1) is 16.7. The number of carbonyl (C=O) groups is 2. The van der Waals surface area contributed by atoms with Crippen LogP contribution in [0.15, 0.2) is 53.4 Å². The second-order valence-electron chi connectivity index (χ2n) is 8.65. The van der Waals surface area contributed by atoms with Crippen molar-refractivity contribution in [2.45, 2.75) is 56.1 Å². The molecule has 0 radical (unpaired) electrons. The highest BCUT2D eigenvalue weighted by molar-refractivity contribution is 7.89. The predicted molar refractivity (Wildman–Crippen MR) is 129 cm³/mol. The Hall–Kier alpha value is -2.82. The topological polar surface area (TPSA) is 105 Å². The zero-order chi connectivity index (χ0) is 25.4. The van der Waals surface area contributed by atoms with E-state index in [0.29, 0.717) is 25.1 Å². The number of hydrogen-bond acceptors (Lipinski definition) is 5. The van der Waals surface area contributed by atoms with Crippen LogP contribution in [-0.4, -0.2) is 57.5 Å². The molecule has 10 heteroatoms. The Kier molecular flexibility index (Phi) is 9.36. The molecule has 1 saturated carbocycles. The molecule has 1 fully saturated rings. The van der Waals surface area contributed by atoms with Crippen molar-refractivity contribution in [3.63, 3.8) is 0 Å². The Labute approximate surface area is 205 Å². The zero-order valence-electron chi connectivity index (χ0n) is 20.0. The third-order valence-electron chi connectivity index (χ3n) is 5.80. The molecule has 8 nitrogen and oxygen atoms in total. The lowest BCUT2D eigenvalue weighted by Crippen LogP contribution is -2.48. The molecule has 0 saturated heterocycles. The van der Waals surface area contributed by atoms with Gasteiger partial charge in [0.15, 0.2) is 0 Å². The van der Waals surface area contributed by atoms with E-state index in [1.54, 1.807) is 31.2 Å². The summed E-state index contributed by atoms with van der Waals surface area (Å²) in [5.74, 6) is -0.930. The summed E-state index contributed by atoms with van der Waals surface area (Å²) in [4.78, 5) is 27.4. The fraction of sp³-hybridized carbons (Fsp3) is 0.440. The number of benzene rings is 2. The number of halogens is 1. The number of rotatable bonds is 13. The monoisotopic (exact) mass is 505 g/mol. The molecule has 0 heterocycles.